The Balaban J connectivity index is 3.07. The van der Waals surface area contributed by atoms with Crippen molar-refractivity contribution >= 4 is 17.5 Å². The van der Waals surface area contributed by atoms with Crippen LogP contribution in [0.3, 0.4) is 0 Å². The van der Waals surface area contributed by atoms with Gasteiger partial charge in [0.05, 0.1) is 0 Å². The van der Waals surface area contributed by atoms with E-state index in [1.807, 2.05) is 0 Å². The lowest BCUT2D eigenvalue weighted by molar-refractivity contribution is -0.113. The molecule has 0 radical (unpaired) electrons. The first-order valence-electron chi connectivity index (χ1n) is 5.08. The van der Waals surface area contributed by atoms with Crippen LogP contribution in [0, 0.1) is 0 Å². The summed E-state index contributed by atoms with van der Waals surface area (Å²) in [5.41, 5.74) is 6.19. The molecule has 0 bridgehead atoms. The van der Waals surface area contributed by atoms with Gasteiger partial charge < -0.3 is 5.73 Å². The Labute approximate surface area is 100 Å². The van der Waals surface area contributed by atoms with Crippen molar-refractivity contribution in [1.82, 2.24) is 0 Å². The highest BCUT2D eigenvalue weighted by molar-refractivity contribution is 6.02. The highest BCUT2D eigenvalue weighted by atomic mass is 16.2. The molecular formula is C13H14N2O2. The number of benzene rings is 1. The molecule has 0 heterocycles. The van der Waals surface area contributed by atoms with E-state index in [1.54, 1.807) is 43.5 Å². The minimum absolute atomic E-state index is 0.241. The smallest absolute Gasteiger partial charge is 0.254 e. The van der Waals surface area contributed by atoms with Crippen LogP contribution in [0.2, 0.25) is 0 Å². The van der Waals surface area contributed by atoms with E-state index in [-0.39, 0.29) is 5.91 Å². The number of carbonyl (C=O) groups excluding carboxylic acids is 2. The third kappa shape index (κ3) is 3.04. The van der Waals surface area contributed by atoms with Gasteiger partial charge in [-0.2, -0.15) is 0 Å². The molecule has 1 rings (SSSR count). The van der Waals surface area contributed by atoms with Crippen molar-refractivity contribution in [3.63, 3.8) is 0 Å². The van der Waals surface area contributed by atoms with Gasteiger partial charge in [-0.15, -0.1) is 0 Å². The highest BCUT2D eigenvalue weighted by Gasteiger charge is 2.09. The third-order valence-electron chi connectivity index (χ3n) is 2.14. The Morgan fingerprint density at radius 1 is 1.29 bits per heavy atom. The molecule has 0 atom stereocenters. The van der Waals surface area contributed by atoms with Crippen molar-refractivity contribution in [2.24, 2.45) is 5.73 Å². The van der Waals surface area contributed by atoms with E-state index in [0.29, 0.717) is 11.3 Å². The maximum atomic E-state index is 11.6. The zero-order valence-corrected chi connectivity index (χ0v) is 9.59. The van der Waals surface area contributed by atoms with Gasteiger partial charge in [-0.05, 0) is 37.3 Å². The predicted molar refractivity (Wildman–Crippen MR) is 67.5 cm³/mol. The van der Waals surface area contributed by atoms with E-state index in [9.17, 15) is 9.59 Å². The number of hydrogen-bond acceptors (Lipinski definition) is 2. The summed E-state index contributed by atoms with van der Waals surface area (Å²) in [6.07, 6.45) is 4.59. The largest absolute Gasteiger partial charge is 0.366 e. The van der Waals surface area contributed by atoms with E-state index in [0.717, 1.165) is 0 Å². The van der Waals surface area contributed by atoms with Crippen LogP contribution >= 0.6 is 0 Å². The first-order chi connectivity index (χ1) is 8.10. The van der Waals surface area contributed by atoms with Crippen LogP contribution in [-0.4, -0.2) is 11.8 Å². The molecule has 88 valence electrons. The molecule has 0 saturated heterocycles. The van der Waals surface area contributed by atoms with Crippen LogP contribution < -0.4 is 10.6 Å². The first-order valence-corrected chi connectivity index (χ1v) is 5.08. The van der Waals surface area contributed by atoms with E-state index < -0.39 is 5.91 Å². The molecule has 1 aromatic rings. The van der Waals surface area contributed by atoms with Crippen LogP contribution in [-0.2, 0) is 4.79 Å². The summed E-state index contributed by atoms with van der Waals surface area (Å²) in [6.45, 7) is 5.24. The van der Waals surface area contributed by atoms with Gasteiger partial charge in [0, 0.05) is 17.5 Å². The zero-order chi connectivity index (χ0) is 12.8. The quantitative estimate of drug-likeness (QED) is 0.802. The molecule has 0 unspecified atom stereocenters. The standard InChI is InChI=1S/C13H14N2O2/c1-3-9-15(12(16)4-2)11-7-5-10(6-8-11)13(14)17/h3-9H,2H2,1H3,(H2,14,17)/b9-3-. The SMILES string of the molecule is C=CC(=O)N(/C=C\C)c1ccc(C(N)=O)cc1. The fraction of sp³-hybridized carbons (Fsp3) is 0.0769. The minimum atomic E-state index is -0.496. The summed E-state index contributed by atoms with van der Waals surface area (Å²) < 4.78 is 0. The molecule has 0 aliphatic carbocycles. The maximum Gasteiger partial charge on any atom is 0.254 e. The Hall–Kier alpha value is -2.36. The number of anilines is 1. The molecule has 0 fully saturated rings. The molecule has 17 heavy (non-hydrogen) atoms. The fourth-order valence-electron chi connectivity index (χ4n) is 1.32. The van der Waals surface area contributed by atoms with Crippen molar-refractivity contribution in [3.8, 4) is 0 Å². The van der Waals surface area contributed by atoms with Gasteiger partial charge in [-0.1, -0.05) is 12.7 Å². The van der Waals surface area contributed by atoms with E-state index in [4.69, 9.17) is 5.73 Å². The Morgan fingerprint density at radius 2 is 1.88 bits per heavy atom. The van der Waals surface area contributed by atoms with Gasteiger partial charge in [-0.25, -0.2) is 0 Å². The molecule has 0 saturated carbocycles. The molecule has 0 aliphatic rings. The van der Waals surface area contributed by atoms with Crippen LogP contribution in [0.25, 0.3) is 0 Å². The monoisotopic (exact) mass is 230 g/mol. The Morgan fingerprint density at radius 3 is 2.29 bits per heavy atom. The van der Waals surface area contributed by atoms with Gasteiger partial charge in [0.25, 0.3) is 5.91 Å². The summed E-state index contributed by atoms with van der Waals surface area (Å²) >= 11 is 0. The second-order valence-corrected chi connectivity index (χ2v) is 3.31. The fourth-order valence-corrected chi connectivity index (χ4v) is 1.32. The van der Waals surface area contributed by atoms with Crippen LogP contribution in [0.5, 0.6) is 0 Å². The minimum Gasteiger partial charge on any atom is -0.366 e. The van der Waals surface area contributed by atoms with Crippen molar-refractivity contribution in [1.29, 1.82) is 0 Å². The number of nitrogens with two attached hydrogens (primary N) is 1. The summed E-state index contributed by atoms with van der Waals surface area (Å²) in [5.74, 6) is -0.737. The van der Waals surface area contributed by atoms with E-state index >= 15 is 0 Å². The van der Waals surface area contributed by atoms with Crippen LogP contribution in [0.15, 0.2) is 49.2 Å². The Kier molecular flexibility index (Phi) is 4.22. The van der Waals surface area contributed by atoms with Crippen LogP contribution in [0.1, 0.15) is 17.3 Å². The maximum absolute atomic E-state index is 11.6. The average Bonchev–Trinajstić information content (AvgIpc) is 2.35. The lowest BCUT2D eigenvalue weighted by atomic mass is 10.2. The summed E-state index contributed by atoms with van der Waals surface area (Å²) in [7, 11) is 0. The lowest BCUT2D eigenvalue weighted by Crippen LogP contribution is -2.22. The molecule has 4 heteroatoms. The third-order valence-corrected chi connectivity index (χ3v) is 2.14. The first kappa shape index (κ1) is 12.7. The summed E-state index contributed by atoms with van der Waals surface area (Å²) in [5, 5.41) is 0. The van der Waals surface area contributed by atoms with Gasteiger partial charge in [0.2, 0.25) is 5.91 Å². The topological polar surface area (TPSA) is 63.4 Å². The predicted octanol–water partition coefficient (Wildman–Crippen LogP) is 1.84. The number of primary amides is 1. The van der Waals surface area contributed by atoms with Gasteiger partial charge in [0.15, 0.2) is 0 Å². The van der Waals surface area contributed by atoms with Crippen molar-refractivity contribution < 1.29 is 9.59 Å². The highest BCUT2D eigenvalue weighted by Crippen LogP contribution is 2.16. The molecule has 0 aromatic heterocycles. The van der Waals surface area contributed by atoms with Gasteiger partial charge >= 0.3 is 0 Å². The molecule has 4 nitrogen and oxygen atoms in total. The second kappa shape index (κ2) is 5.65. The second-order valence-electron chi connectivity index (χ2n) is 3.31. The zero-order valence-electron chi connectivity index (χ0n) is 9.59. The molecule has 1 aromatic carbocycles. The molecule has 0 aliphatic heterocycles. The molecule has 2 N–H and O–H groups in total. The van der Waals surface area contributed by atoms with Crippen LogP contribution in [0.4, 0.5) is 5.69 Å². The van der Waals surface area contributed by atoms with Crippen molar-refractivity contribution in [3.05, 3.63) is 54.8 Å². The molecule has 2 amide bonds. The van der Waals surface area contributed by atoms with Gasteiger partial charge in [-0.3, -0.25) is 14.5 Å². The molecular weight excluding hydrogens is 216 g/mol. The number of hydrogen-bond donors (Lipinski definition) is 1. The Bertz CT molecular complexity index is 461. The summed E-state index contributed by atoms with van der Waals surface area (Å²) in [6, 6.07) is 6.46. The van der Waals surface area contributed by atoms with Crippen molar-refractivity contribution in [2.45, 2.75) is 6.92 Å². The number of allylic oxidation sites excluding steroid dienone is 1. The normalized spacial score (nSPS) is 10.2. The number of carbonyl (C=O) groups is 2. The van der Waals surface area contributed by atoms with E-state index in [1.165, 1.54) is 11.0 Å². The van der Waals surface area contributed by atoms with Gasteiger partial charge in [0.1, 0.15) is 0 Å². The summed E-state index contributed by atoms with van der Waals surface area (Å²) in [4.78, 5) is 23.9. The number of nitrogens with zero attached hydrogens (tertiary/aromatic N) is 1. The molecule has 0 spiro atoms. The number of amides is 2. The lowest BCUT2D eigenvalue weighted by Gasteiger charge is -2.16. The number of rotatable bonds is 4. The van der Waals surface area contributed by atoms with Crippen molar-refractivity contribution in [2.75, 3.05) is 4.90 Å². The van der Waals surface area contributed by atoms with E-state index in [2.05, 4.69) is 6.58 Å². The average molecular weight is 230 g/mol.